The molecule has 0 radical (unpaired) electrons. The molecule has 8 nitrogen and oxygen atoms in total. The lowest BCUT2D eigenvalue weighted by atomic mass is 10.0. The molecule has 3 amide bonds. The summed E-state index contributed by atoms with van der Waals surface area (Å²) >= 11 is 0. The van der Waals surface area contributed by atoms with Crippen molar-refractivity contribution in [1.29, 1.82) is 0 Å². The molecular weight excluding hydrogens is 406 g/mol. The maximum Gasteiger partial charge on any atom is 0.321 e. The van der Waals surface area contributed by atoms with Gasteiger partial charge in [-0.25, -0.2) is 9.79 Å². The van der Waals surface area contributed by atoms with Gasteiger partial charge in [-0.05, 0) is 49.6 Å². The first-order valence-electron chi connectivity index (χ1n) is 10.8. The van der Waals surface area contributed by atoms with Gasteiger partial charge in [-0.1, -0.05) is 24.3 Å². The molecule has 2 aliphatic rings. The second-order valence-electron chi connectivity index (χ2n) is 8.16. The van der Waals surface area contributed by atoms with E-state index in [0.29, 0.717) is 11.5 Å². The first-order valence-corrected chi connectivity index (χ1v) is 10.8. The van der Waals surface area contributed by atoms with E-state index in [-0.39, 0.29) is 12.0 Å². The number of piperidine rings is 1. The molecule has 2 heterocycles. The fraction of sp³-hybridized carbons (Fsp3) is 0.375. The third-order valence-corrected chi connectivity index (χ3v) is 5.94. The van der Waals surface area contributed by atoms with E-state index in [2.05, 4.69) is 15.5 Å². The third kappa shape index (κ3) is 4.60. The lowest BCUT2D eigenvalue weighted by Gasteiger charge is -2.34. The molecule has 32 heavy (non-hydrogen) atoms. The van der Waals surface area contributed by atoms with Crippen molar-refractivity contribution in [2.24, 2.45) is 4.99 Å². The number of likely N-dealkylation sites (N-methyl/N-ethyl adjacent to an activating group) is 1. The summed E-state index contributed by atoms with van der Waals surface area (Å²) in [6.45, 7) is 3.49. The van der Waals surface area contributed by atoms with Crippen LogP contribution in [0.5, 0.6) is 0 Å². The number of amidine groups is 1. The SMILES string of the molecule is COC1CCN(C2=N[C@@H](NC(=O)Nc3cccc(C)c3)C(=O)N(C)c3ccccc32)CC1. The standard InChI is InChI=1S/C24H29N5O3/c1-16-7-6-8-17(15-16)25-24(31)27-21-23(30)28(2)20-10-5-4-9-19(20)22(26-21)29-13-11-18(32-3)12-14-29/h4-10,15,18,21H,11-14H2,1-3H3,(H2,25,27,31)/t21-/m0/s1. The van der Waals surface area contributed by atoms with E-state index in [1.54, 1.807) is 25.1 Å². The van der Waals surface area contributed by atoms with Crippen LogP contribution in [-0.4, -0.2) is 62.2 Å². The number of ether oxygens (including phenoxy) is 1. The topological polar surface area (TPSA) is 86.3 Å². The summed E-state index contributed by atoms with van der Waals surface area (Å²) in [6.07, 6.45) is 0.958. The molecule has 0 saturated carbocycles. The van der Waals surface area contributed by atoms with Gasteiger partial charge >= 0.3 is 6.03 Å². The van der Waals surface area contributed by atoms with Crippen molar-refractivity contribution in [1.82, 2.24) is 10.2 Å². The number of carbonyl (C=O) groups excluding carboxylic acids is 2. The number of anilines is 2. The zero-order valence-corrected chi connectivity index (χ0v) is 18.7. The minimum absolute atomic E-state index is 0.228. The summed E-state index contributed by atoms with van der Waals surface area (Å²) in [5.74, 6) is 0.423. The Kier molecular flexibility index (Phi) is 6.41. The predicted octanol–water partition coefficient (Wildman–Crippen LogP) is 2.98. The largest absolute Gasteiger partial charge is 0.381 e. The van der Waals surface area contributed by atoms with Crippen LogP contribution < -0.4 is 15.5 Å². The molecule has 0 spiro atoms. The Morgan fingerprint density at radius 1 is 1.12 bits per heavy atom. The number of fused-ring (bicyclic) bond motifs is 1. The number of nitrogens with one attached hydrogen (secondary N) is 2. The van der Waals surface area contributed by atoms with Crippen LogP contribution in [0.2, 0.25) is 0 Å². The molecule has 0 bridgehead atoms. The highest BCUT2D eigenvalue weighted by Gasteiger charge is 2.33. The lowest BCUT2D eigenvalue weighted by Crippen LogP contribution is -2.48. The van der Waals surface area contributed by atoms with Crippen LogP contribution in [0.1, 0.15) is 24.0 Å². The van der Waals surface area contributed by atoms with E-state index < -0.39 is 12.2 Å². The average molecular weight is 436 g/mol. The second kappa shape index (κ2) is 9.40. The second-order valence-corrected chi connectivity index (χ2v) is 8.16. The highest BCUT2D eigenvalue weighted by atomic mass is 16.5. The number of urea groups is 1. The Balaban J connectivity index is 1.61. The minimum atomic E-state index is -1.03. The van der Waals surface area contributed by atoms with Gasteiger partial charge in [-0.3, -0.25) is 4.79 Å². The molecule has 0 aliphatic carbocycles. The van der Waals surface area contributed by atoms with Crippen LogP contribution in [0.15, 0.2) is 53.5 Å². The van der Waals surface area contributed by atoms with E-state index in [1.165, 1.54) is 0 Å². The van der Waals surface area contributed by atoms with Crippen molar-refractivity contribution >= 4 is 29.1 Å². The Morgan fingerprint density at radius 3 is 2.59 bits per heavy atom. The minimum Gasteiger partial charge on any atom is -0.381 e. The quantitative estimate of drug-likeness (QED) is 0.776. The van der Waals surface area contributed by atoms with Crippen molar-refractivity contribution < 1.29 is 14.3 Å². The predicted molar refractivity (Wildman–Crippen MR) is 125 cm³/mol. The van der Waals surface area contributed by atoms with E-state index in [9.17, 15) is 9.59 Å². The van der Waals surface area contributed by atoms with Crippen molar-refractivity contribution in [2.45, 2.75) is 32.0 Å². The van der Waals surface area contributed by atoms with Crippen molar-refractivity contribution in [3.63, 3.8) is 0 Å². The molecule has 168 valence electrons. The Hall–Kier alpha value is -3.39. The molecule has 1 fully saturated rings. The van der Waals surface area contributed by atoms with Gasteiger partial charge in [0.25, 0.3) is 5.91 Å². The molecule has 1 atom stereocenters. The normalized spacial score (nSPS) is 19.2. The third-order valence-electron chi connectivity index (χ3n) is 5.94. The Labute approximate surface area is 188 Å². The van der Waals surface area contributed by atoms with Gasteiger partial charge in [0.1, 0.15) is 5.84 Å². The molecular formula is C24H29N5O3. The van der Waals surface area contributed by atoms with Crippen LogP contribution in [0, 0.1) is 6.92 Å². The monoisotopic (exact) mass is 435 g/mol. The van der Waals surface area contributed by atoms with Crippen molar-refractivity contribution in [2.75, 3.05) is 37.5 Å². The molecule has 8 heteroatoms. The van der Waals surface area contributed by atoms with Crippen LogP contribution >= 0.6 is 0 Å². The fourth-order valence-electron chi connectivity index (χ4n) is 4.17. The van der Waals surface area contributed by atoms with E-state index in [0.717, 1.165) is 42.7 Å². The van der Waals surface area contributed by atoms with Gasteiger partial charge < -0.3 is 25.2 Å². The van der Waals surface area contributed by atoms with Gasteiger partial charge in [0.2, 0.25) is 6.17 Å². The number of amides is 3. The number of methoxy groups -OCH3 is 1. The number of likely N-dealkylation sites (tertiary alicyclic amines) is 1. The summed E-state index contributed by atoms with van der Waals surface area (Å²) in [5, 5.41) is 5.55. The van der Waals surface area contributed by atoms with Crippen LogP contribution in [-0.2, 0) is 9.53 Å². The van der Waals surface area contributed by atoms with Crippen LogP contribution in [0.4, 0.5) is 16.2 Å². The van der Waals surface area contributed by atoms with Gasteiger partial charge in [0.05, 0.1) is 11.8 Å². The summed E-state index contributed by atoms with van der Waals surface area (Å²) in [7, 11) is 3.45. The van der Waals surface area contributed by atoms with E-state index >= 15 is 0 Å². The zero-order valence-electron chi connectivity index (χ0n) is 18.7. The smallest absolute Gasteiger partial charge is 0.321 e. The van der Waals surface area contributed by atoms with E-state index in [1.807, 2.05) is 49.4 Å². The lowest BCUT2D eigenvalue weighted by molar-refractivity contribution is -0.119. The molecule has 0 unspecified atom stereocenters. The van der Waals surface area contributed by atoms with Gasteiger partial charge in [0.15, 0.2) is 0 Å². The molecule has 2 aromatic rings. The number of benzene rings is 2. The highest BCUT2D eigenvalue weighted by Crippen LogP contribution is 2.27. The summed E-state index contributed by atoms with van der Waals surface area (Å²) in [5.41, 5.74) is 3.34. The zero-order chi connectivity index (χ0) is 22.7. The van der Waals surface area contributed by atoms with Gasteiger partial charge in [-0.2, -0.15) is 0 Å². The number of aryl methyl sites for hydroxylation is 1. The van der Waals surface area contributed by atoms with Crippen molar-refractivity contribution in [3.8, 4) is 0 Å². The highest BCUT2D eigenvalue weighted by molar-refractivity contribution is 6.12. The number of para-hydroxylation sites is 1. The van der Waals surface area contributed by atoms with Gasteiger partial charge in [0, 0.05) is 38.5 Å². The maximum atomic E-state index is 13.2. The molecule has 2 aliphatic heterocycles. The van der Waals surface area contributed by atoms with Crippen molar-refractivity contribution in [3.05, 3.63) is 59.7 Å². The summed E-state index contributed by atoms with van der Waals surface area (Å²) in [6, 6.07) is 14.7. The number of benzodiazepines with no additional fused rings is 1. The van der Waals surface area contributed by atoms with Crippen LogP contribution in [0.25, 0.3) is 0 Å². The molecule has 0 aromatic heterocycles. The van der Waals surface area contributed by atoms with Crippen LogP contribution in [0.3, 0.4) is 0 Å². The van der Waals surface area contributed by atoms with E-state index in [4.69, 9.17) is 9.73 Å². The summed E-state index contributed by atoms with van der Waals surface area (Å²) < 4.78 is 5.50. The Morgan fingerprint density at radius 2 is 1.88 bits per heavy atom. The number of rotatable bonds is 3. The number of aliphatic imine (C=N–C) groups is 1. The molecule has 2 aromatic carbocycles. The Bertz CT molecular complexity index is 1030. The fourth-order valence-corrected chi connectivity index (χ4v) is 4.17. The number of carbonyl (C=O) groups is 2. The first kappa shape index (κ1) is 21.8. The molecule has 1 saturated heterocycles. The number of hydrogen-bond acceptors (Lipinski definition) is 5. The molecule has 2 N–H and O–H groups in total. The average Bonchev–Trinajstić information content (AvgIpc) is 2.90. The maximum absolute atomic E-state index is 13.2. The van der Waals surface area contributed by atoms with Gasteiger partial charge in [-0.15, -0.1) is 0 Å². The number of hydrogen-bond donors (Lipinski definition) is 2. The number of nitrogens with zero attached hydrogens (tertiary/aromatic N) is 3. The molecule has 4 rings (SSSR count). The first-order chi connectivity index (χ1) is 15.5. The summed E-state index contributed by atoms with van der Waals surface area (Å²) in [4.78, 5) is 34.4.